The van der Waals surface area contributed by atoms with Gasteiger partial charge in [-0.25, -0.2) is 0 Å². The summed E-state index contributed by atoms with van der Waals surface area (Å²) in [5.74, 6) is 2.24. The Morgan fingerprint density at radius 2 is 1.90 bits per heavy atom. The predicted molar refractivity (Wildman–Crippen MR) is 89.1 cm³/mol. The second kappa shape index (κ2) is 7.95. The van der Waals surface area contributed by atoms with Crippen LogP contribution >= 0.6 is 0 Å². The highest BCUT2D eigenvalue weighted by molar-refractivity contribution is 5.26. The molecule has 0 radical (unpaired) electrons. The van der Waals surface area contributed by atoms with Crippen molar-refractivity contribution in [2.45, 2.75) is 59.3 Å². The molecule has 0 aliphatic heterocycles. The fraction of sp³-hybridized carbons (Fsp3) is 0.684. The zero-order valence-electron chi connectivity index (χ0n) is 14.1. The van der Waals surface area contributed by atoms with E-state index in [1.165, 1.54) is 30.4 Å². The molecule has 1 N–H and O–H groups in total. The minimum absolute atomic E-state index is 0.427. The summed E-state index contributed by atoms with van der Waals surface area (Å²) in [5, 5.41) is 3.24. The lowest BCUT2D eigenvalue weighted by Crippen LogP contribution is -2.34. The molecule has 3 atom stereocenters. The van der Waals surface area contributed by atoms with Gasteiger partial charge in [0, 0.05) is 6.54 Å². The molecule has 0 heterocycles. The highest BCUT2D eigenvalue weighted by Gasteiger charge is 2.31. The topological polar surface area (TPSA) is 21.3 Å². The van der Waals surface area contributed by atoms with Crippen LogP contribution in [0.2, 0.25) is 0 Å². The van der Waals surface area contributed by atoms with Gasteiger partial charge in [-0.2, -0.15) is 0 Å². The van der Waals surface area contributed by atoms with Crippen LogP contribution in [0.15, 0.2) is 24.3 Å². The Balaban J connectivity index is 2.00. The van der Waals surface area contributed by atoms with Crippen molar-refractivity contribution < 1.29 is 4.74 Å². The highest BCUT2D eigenvalue weighted by Crippen LogP contribution is 2.35. The zero-order valence-corrected chi connectivity index (χ0v) is 14.1. The van der Waals surface area contributed by atoms with Gasteiger partial charge in [0.15, 0.2) is 0 Å². The highest BCUT2D eigenvalue weighted by atomic mass is 16.5. The Morgan fingerprint density at radius 1 is 1.19 bits per heavy atom. The minimum Gasteiger partial charge on any atom is -0.373 e. The molecule has 2 nitrogen and oxygen atoms in total. The molecule has 0 amide bonds. The number of nitrogens with one attached hydrogen (secondary N) is 1. The number of hydrogen-bond donors (Lipinski definition) is 1. The third kappa shape index (κ3) is 4.55. The summed E-state index contributed by atoms with van der Waals surface area (Å²) in [6.45, 7) is 8.70. The van der Waals surface area contributed by atoms with Crippen molar-refractivity contribution in [2.24, 2.45) is 17.8 Å². The lowest BCUT2D eigenvalue weighted by atomic mass is 9.75. The van der Waals surface area contributed by atoms with Crippen LogP contribution in [-0.4, -0.2) is 13.2 Å². The summed E-state index contributed by atoms with van der Waals surface area (Å²) < 4.78 is 6.37. The Morgan fingerprint density at radius 3 is 2.57 bits per heavy atom. The molecule has 1 aliphatic rings. The fourth-order valence-electron chi connectivity index (χ4n) is 3.56. The van der Waals surface area contributed by atoms with E-state index in [0.717, 1.165) is 30.9 Å². The maximum Gasteiger partial charge on any atom is 0.0723 e. The Labute approximate surface area is 130 Å². The van der Waals surface area contributed by atoms with Crippen LogP contribution < -0.4 is 5.32 Å². The number of rotatable bonds is 6. The van der Waals surface area contributed by atoms with Crippen molar-refractivity contribution in [3.63, 3.8) is 0 Å². The third-order valence-corrected chi connectivity index (χ3v) is 4.90. The molecule has 118 valence electrons. The van der Waals surface area contributed by atoms with E-state index in [1.807, 2.05) is 7.05 Å². The molecular weight excluding hydrogens is 258 g/mol. The molecule has 21 heavy (non-hydrogen) atoms. The van der Waals surface area contributed by atoms with Gasteiger partial charge in [0.05, 0.1) is 12.7 Å². The van der Waals surface area contributed by atoms with Crippen LogP contribution in [0.25, 0.3) is 0 Å². The van der Waals surface area contributed by atoms with Crippen LogP contribution in [0.5, 0.6) is 0 Å². The molecule has 1 aromatic carbocycles. The summed E-state index contributed by atoms with van der Waals surface area (Å²) in [7, 11) is 2.00. The summed E-state index contributed by atoms with van der Waals surface area (Å²) >= 11 is 0. The number of hydrogen-bond acceptors (Lipinski definition) is 2. The lowest BCUT2D eigenvalue weighted by molar-refractivity contribution is -0.0474. The van der Waals surface area contributed by atoms with Gasteiger partial charge in [-0.1, -0.05) is 51.5 Å². The van der Waals surface area contributed by atoms with Crippen molar-refractivity contribution in [3.05, 3.63) is 35.4 Å². The largest absolute Gasteiger partial charge is 0.373 e. The first kappa shape index (κ1) is 16.5. The maximum atomic E-state index is 6.37. The average Bonchev–Trinajstić information content (AvgIpc) is 2.46. The first-order valence-electron chi connectivity index (χ1n) is 8.44. The molecule has 3 unspecified atom stereocenters. The molecule has 1 saturated carbocycles. The molecular formula is C19H31NO. The van der Waals surface area contributed by atoms with Crippen molar-refractivity contribution in [1.82, 2.24) is 5.32 Å². The molecule has 2 heteroatoms. The van der Waals surface area contributed by atoms with E-state index in [9.17, 15) is 0 Å². The molecule has 1 fully saturated rings. The minimum atomic E-state index is 0.427. The number of ether oxygens (including phenoxy) is 1. The van der Waals surface area contributed by atoms with Gasteiger partial charge in [0.25, 0.3) is 0 Å². The standard InChI is InChI=1S/C19H31NO/c1-14(2)18-10-9-15(3)11-19(18)21-13-17-8-6-5-7-16(17)12-20-4/h5-8,14-15,18-20H,9-13H2,1-4H3. The Hall–Kier alpha value is -0.860. The van der Waals surface area contributed by atoms with Crippen LogP contribution in [0.4, 0.5) is 0 Å². The van der Waals surface area contributed by atoms with Gasteiger partial charge in [-0.15, -0.1) is 0 Å². The first-order valence-corrected chi connectivity index (χ1v) is 8.44. The molecule has 1 aromatic rings. The molecule has 0 spiro atoms. The van der Waals surface area contributed by atoms with Crippen LogP contribution in [0.3, 0.4) is 0 Å². The number of benzene rings is 1. The second-order valence-corrected chi connectivity index (χ2v) is 6.97. The van der Waals surface area contributed by atoms with Crippen molar-refractivity contribution in [2.75, 3.05) is 7.05 Å². The van der Waals surface area contributed by atoms with Crippen molar-refractivity contribution in [1.29, 1.82) is 0 Å². The molecule has 0 aromatic heterocycles. The fourth-order valence-corrected chi connectivity index (χ4v) is 3.56. The van der Waals surface area contributed by atoms with Gasteiger partial charge < -0.3 is 10.1 Å². The SMILES string of the molecule is CNCc1ccccc1COC1CC(C)CCC1C(C)C. The molecule has 0 saturated heterocycles. The van der Waals surface area contributed by atoms with Crippen LogP contribution in [0, 0.1) is 17.8 Å². The van der Waals surface area contributed by atoms with E-state index in [4.69, 9.17) is 4.74 Å². The van der Waals surface area contributed by atoms with E-state index >= 15 is 0 Å². The van der Waals surface area contributed by atoms with E-state index in [2.05, 4.69) is 50.4 Å². The predicted octanol–water partition coefficient (Wildman–Crippen LogP) is 4.38. The van der Waals surface area contributed by atoms with Gasteiger partial charge in [0.1, 0.15) is 0 Å². The van der Waals surface area contributed by atoms with E-state index < -0.39 is 0 Å². The second-order valence-electron chi connectivity index (χ2n) is 6.97. The molecule has 1 aliphatic carbocycles. The normalized spacial score (nSPS) is 26.2. The average molecular weight is 289 g/mol. The molecule has 0 bridgehead atoms. The molecule has 2 rings (SSSR count). The van der Waals surface area contributed by atoms with Gasteiger partial charge in [0.2, 0.25) is 0 Å². The monoisotopic (exact) mass is 289 g/mol. The van der Waals surface area contributed by atoms with Crippen molar-refractivity contribution in [3.8, 4) is 0 Å². The summed E-state index contributed by atoms with van der Waals surface area (Å²) in [4.78, 5) is 0. The zero-order chi connectivity index (χ0) is 15.2. The van der Waals surface area contributed by atoms with Gasteiger partial charge >= 0.3 is 0 Å². The van der Waals surface area contributed by atoms with Gasteiger partial charge in [-0.05, 0) is 48.8 Å². The van der Waals surface area contributed by atoms with Crippen LogP contribution in [0.1, 0.15) is 51.2 Å². The third-order valence-electron chi connectivity index (χ3n) is 4.90. The summed E-state index contributed by atoms with van der Waals surface area (Å²) in [5.41, 5.74) is 2.68. The first-order chi connectivity index (χ1) is 10.1. The Kier molecular flexibility index (Phi) is 6.25. The van der Waals surface area contributed by atoms with Crippen LogP contribution in [-0.2, 0) is 17.9 Å². The summed E-state index contributed by atoms with van der Waals surface area (Å²) in [6.07, 6.45) is 4.33. The Bertz CT molecular complexity index is 429. The van der Waals surface area contributed by atoms with E-state index in [1.54, 1.807) is 0 Å². The summed E-state index contributed by atoms with van der Waals surface area (Å²) in [6, 6.07) is 8.61. The van der Waals surface area contributed by atoms with E-state index in [-0.39, 0.29) is 0 Å². The van der Waals surface area contributed by atoms with Gasteiger partial charge in [-0.3, -0.25) is 0 Å². The van der Waals surface area contributed by atoms with E-state index in [0.29, 0.717) is 6.10 Å². The quantitative estimate of drug-likeness (QED) is 0.839. The van der Waals surface area contributed by atoms with Crippen molar-refractivity contribution >= 4 is 0 Å². The smallest absolute Gasteiger partial charge is 0.0723 e. The maximum absolute atomic E-state index is 6.37. The lowest BCUT2D eigenvalue weighted by Gasteiger charge is -2.37.